The molecule has 1 saturated heterocycles. The van der Waals surface area contributed by atoms with E-state index in [2.05, 4.69) is 34.9 Å². The third kappa shape index (κ3) is 5.49. The first-order valence-corrected chi connectivity index (χ1v) is 10.0. The summed E-state index contributed by atoms with van der Waals surface area (Å²) in [5.41, 5.74) is 2.40. The number of hydrogen-bond acceptors (Lipinski definition) is 3. The molecule has 2 aromatic carbocycles. The molecule has 4 nitrogen and oxygen atoms in total. The lowest BCUT2D eigenvalue weighted by atomic mass is 10.1. The molecule has 150 valence electrons. The Hall–Kier alpha value is -2.04. The molecule has 28 heavy (non-hydrogen) atoms. The zero-order chi connectivity index (χ0) is 18.5. The summed E-state index contributed by atoms with van der Waals surface area (Å²) in [7, 11) is 0. The minimum atomic E-state index is 0. The molecule has 2 fully saturated rings. The Morgan fingerprint density at radius 2 is 1.89 bits per heavy atom. The fraction of sp³-hybridized carbons (Fsp3) is 0.435. The Balaban J connectivity index is 0.00000225. The van der Waals surface area contributed by atoms with Crippen molar-refractivity contribution in [2.75, 3.05) is 19.6 Å². The molecule has 3 unspecified atom stereocenters. The molecule has 0 radical (unpaired) electrons. The highest BCUT2D eigenvalue weighted by Gasteiger charge is 2.43. The first-order chi connectivity index (χ1) is 13.3. The number of halogens is 1. The topological polar surface area (TPSA) is 50.4 Å². The Morgan fingerprint density at radius 1 is 1.11 bits per heavy atom. The van der Waals surface area contributed by atoms with Gasteiger partial charge in [0.15, 0.2) is 0 Å². The van der Waals surface area contributed by atoms with Gasteiger partial charge < -0.3 is 15.4 Å². The summed E-state index contributed by atoms with van der Waals surface area (Å²) in [5.74, 6) is 2.32. The van der Waals surface area contributed by atoms with E-state index in [4.69, 9.17) is 4.74 Å². The van der Waals surface area contributed by atoms with Gasteiger partial charge in [0.2, 0.25) is 5.91 Å². The van der Waals surface area contributed by atoms with Crippen LogP contribution in [-0.4, -0.2) is 25.5 Å². The molecule has 1 heterocycles. The summed E-state index contributed by atoms with van der Waals surface area (Å²) in [4.78, 5) is 12.3. The van der Waals surface area contributed by atoms with Crippen molar-refractivity contribution in [3.05, 3.63) is 65.7 Å². The van der Waals surface area contributed by atoms with Gasteiger partial charge in [0.1, 0.15) is 12.4 Å². The van der Waals surface area contributed by atoms with Crippen LogP contribution in [0.1, 0.15) is 36.3 Å². The molecule has 5 heteroatoms. The molecule has 2 N–H and O–H groups in total. The Bertz CT molecular complexity index is 745. The molecule has 1 saturated carbocycles. The van der Waals surface area contributed by atoms with Crippen LogP contribution in [0.5, 0.6) is 5.75 Å². The number of nitrogens with one attached hydrogen (secondary N) is 2. The number of carbonyl (C=O) groups excluding carboxylic acids is 1. The molecule has 0 aromatic heterocycles. The average Bonchev–Trinajstić information content (AvgIpc) is 3.35. The first-order valence-electron chi connectivity index (χ1n) is 10.0. The summed E-state index contributed by atoms with van der Waals surface area (Å²) in [5, 5.41) is 6.50. The predicted octanol–water partition coefficient (Wildman–Crippen LogP) is 3.91. The molecular weight excluding hydrogens is 372 g/mol. The first kappa shape index (κ1) is 20.7. The van der Waals surface area contributed by atoms with Crippen molar-refractivity contribution in [1.82, 2.24) is 10.6 Å². The number of rotatable bonds is 8. The van der Waals surface area contributed by atoms with Crippen LogP contribution in [0.25, 0.3) is 0 Å². The van der Waals surface area contributed by atoms with Gasteiger partial charge in [-0.2, -0.15) is 0 Å². The smallest absolute Gasteiger partial charge is 0.223 e. The fourth-order valence-electron chi connectivity index (χ4n) is 3.90. The molecule has 0 spiro atoms. The highest BCUT2D eigenvalue weighted by atomic mass is 35.5. The van der Waals surface area contributed by atoms with Gasteiger partial charge in [-0.25, -0.2) is 0 Å². The lowest BCUT2D eigenvalue weighted by Gasteiger charge is -2.09. The second kappa shape index (κ2) is 9.94. The van der Waals surface area contributed by atoms with E-state index in [1.54, 1.807) is 0 Å². The van der Waals surface area contributed by atoms with Gasteiger partial charge in [-0.15, -0.1) is 12.4 Å². The van der Waals surface area contributed by atoms with Crippen molar-refractivity contribution in [3.63, 3.8) is 0 Å². The Morgan fingerprint density at radius 3 is 2.61 bits per heavy atom. The third-order valence-electron chi connectivity index (χ3n) is 5.70. The van der Waals surface area contributed by atoms with Crippen LogP contribution in [0.2, 0.25) is 0 Å². The summed E-state index contributed by atoms with van der Waals surface area (Å²) in [6, 6.07) is 18.4. The lowest BCUT2D eigenvalue weighted by Crippen LogP contribution is -2.28. The van der Waals surface area contributed by atoms with Gasteiger partial charge in [0, 0.05) is 12.5 Å². The third-order valence-corrected chi connectivity index (χ3v) is 5.70. The monoisotopic (exact) mass is 400 g/mol. The van der Waals surface area contributed by atoms with E-state index in [-0.39, 0.29) is 24.2 Å². The Labute approximate surface area is 173 Å². The van der Waals surface area contributed by atoms with Gasteiger partial charge in [-0.05, 0) is 67.4 Å². The minimum Gasteiger partial charge on any atom is -0.489 e. The molecular formula is C23H29ClN2O2. The molecule has 3 atom stereocenters. The predicted molar refractivity (Wildman–Crippen MR) is 114 cm³/mol. The summed E-state index contributed by atoms with van der Waals surface area (Å²) >= 11 is 0. The zero-order valence-corrected chi connectivity index (χ0v) is 16.9. The lowest BCUT2D eigenvalue weighted by molar-refractivity contribution is -0.122. The van der Waals surface area contributed by atoms with Gasteiger partial charge >= 0.3 is 0 Å². The van der Waals surface area contributed by atoms with Crippen molar-refractivity contribution in [2.24, 2.45) is 11.8 Å². The number of ether oxygens (including phenoxy) is 1. The summed E-state index contributed by atoms with van der Waals surface area (Å²) in [6.45, 7) is 3.60. The van der Waals surface area contributed by atoms with Crippen molar-refractivity contribution >= 4 is 18.3 Å². The second-order valence-electron chi connectivity index (χ2n) is 7.73. The van der Waals surface area contributed by atoms with Crippen LogP contribution in [0.15, 0.2) is 54.6 Å². The van der Waals surface area contributed by atoms with Crippen LogP contribution in [0.3, 0.4) is 0 Å². The van der Waals surface area contributed by atoms with E-state index in [9.17, 15) is 4.79 Å². The molecule has 1 aliphatic carbocycles. The van der Waals surface area contributed by atoms with Crippen LogP contribution >= 0.6 is 12.4 Å². The molecule has 2 aliphatic rings. The molecule has 4 rings (SSSR count). The molecule has 2 aromatic rings. The van der Waals surface area contributed by atoms with Crippen molar-refractivity contribution < 1.29 is 9.53 Å². The van der Waals surface area contributed by atoms with E-state index >= 15 is 0 Å². The highest BCUT2D eigenvalue weighted by molar-refractivity contribution is 5.85. The van der Waals surface area contributed by atoms with E-state index < -0.39 is 0 Å². The van der Waals surface area contributed by atoms with Gasteiger partial charge in [0.25, 0.3) is 0 Å². The van der Waals surface area contributed by atoms with Crippen LogP contribution in [-0.2, 0) is 11.4 Å². The van der Waals surface area contributed by atoms with Gasteiger partial charge in [-0.3, -0.25) is 4.79 Å². The molecule has 1 amide bonds. The Kier molecular flexibility index (Phi) is 7.35. The second-order valence-corrected chi connectivity index (χ2v) is 7.73. The quantitative estimate of drug-likeness (QED) is 0.706. The normalized spacial score (nSPS) is 22.9. The number of amides is 1. The van der Waals surface area contributed by atoms with Crippen molar-refractivity contribution in [3.8, 4) is 5.75 Å². The van der Waals surface area contributed by atoms with Gasteiger partial charge in [0.05, 0.1) is 0 Å². The number of benzene rings is 2. The standard InChI is InChI=1S/C23H28N2O2.ClH/c26-23(25-13-11-17-10-12-24-15-17)22-14-21(22)19-6-8-20(9-7-19)27-16-18-4-2-1-3-5-18;/h1-9,17,21-22,24H,10-16H2,(H,25,26);1H. The SMILES string of the molecule is Cl.O=C(NCCC1CCNC1)C1CC1c1ccc(OCc2ccccc2)cc1. The highest BCUT2D eigenvalue weighted by Crippen LogP contribution is 2.47. The van der Waals surface area contributed by atoms with Crippen LogP contribution in [0, 0.1) is 11.8 Å². The van der Waals surface area contributed by atoms with E-state index in [1.165, 1.54) is 12.0 Å². The van der Waals surface area contributed by atoms with E-state index in [0.29, 0.717) is 12.5 Å². The van der Waals surface area contributed by atoms with E-state index in [1.807, 2.05) is 30.3 Å². The summed E-state index contributed by atoms with van der Waals surface area (Å²) in [6.07, 6.45) is 3.28. The average molecular weight is 401 g/mol. The van der Waals surface area contributed by atoms with E-state index in [0.717, 1.165) is 49.7 Å². The maximum Gasteiger partial charge on any atom is 0.223 e. The summed E-state index contributed by atoms with van der Waals surface area (Å²) < 4.78 is 5.84. The maximum atomic E-state index is 12.3. The largest absolute Gasteiger partial charge is 0.489 e. The minimum absolute atomic E-state index is 0. The van der Waals surface area contributed by atoms with Crippen molar-refractivity contribution in [1.29, 1.82) is 0 Å². The van der Waals surface area contributed by atoms with Crippen molar-refractivity contribution in [2.45, 2.75) is 31.8 Å². The van der Waals surface area contributed by atoms with Crippen LogP contribution < -0.4 is 15.4 Å². The van der Waals surface area contributed by atoms with Crippen LogP contribution in [0.4, 0.5) is 0 Å². The molecule has 1 aliphatic heterocycles. The number of hydrogen-bond donors (Lipinski definition) is 2. The maximum absolute atomic E-state index is 12.3. The fourth-order valence-corrected chi connectivity index (χ4v) is 3.90. The number of carbonyl (C=O) groups is 1. The van der Waals surface area contributed by atoms with Gasteiger partial charge in [-0.1, -0.05) is 42.5 Å². The molecule has 0 bridgehead atoms. The zero-order valence-electron chi connectivity index (χ0n) is 16.1.